The molecule has 3 aromatic rings. The lowest BCUT2D eigenvalue weighted by Crippen LogP contribution is -2.28. The van der Waals surface area contributed by atoms with Gasteiger partial charge in [0.2, 0.25) is 11.8 Å². The van der Waals surface area contributed by atoms with Gasteiger partial charge in [0.25, 0.3) is 5.22 Å². The fourth-order valence-corrected chi connectivity index (χ4v) is 3.45. The summed E-state index contributed by atoms with van der Waals surface area (Å²) in [6, 6.07) is 14.9. The molecule has 0 saturated heterocycles. The minimum Gasteiger partial charge on any atom is -0.411 e. The highest BCUT2D eigenvalue weighted by atomic mass is 79.9. The Bertz CT molecular complexity index is 919. The molecule has 1 N–H and O–H groups in total. The van der Waals surface area contributed by atoms with Crippen LogP contribution in [-0.4, -0.2) is 21.9 Å². The van der Waals surface area contributed by atoms with Crippen molar-refractivity contribution in [3.05, 3.63) is 63.6 Å². The van der Waals surface area contributed by atoms with Gasteiger partial charge >= 0.3 is 0 Å². The molecule has 1 amide bonds. The van der Waals surface area contributed by atoms with Crippen LogP contribution in [0.2, 0.25) is 5.02 Å². The summed E-state index contributed by atoms with van der Waals surface area (Å²) in [7, 11) is 0. The van der Waals surface area contributed by atoms with E-state index in [1.807, 2.05) is 49.4 Å². The van der Waals surface area contributed by atoms with E-state index in [1.54, 1.807) is 6.07 Å². The van der Waals surface area contributed by atoms with E-state index in [4.69, 9.17) is 16.0 Å². The van der Waals surface area contributed by atoms with Crippen molar-refractivity contribution in [3.8, 4) is 11.5 Å². The molecule has 134 valence electrons. The van der Waals surface area contributed by atoms with Gasteiger partial charge in [-0.3, -0.25) is 4.79 Å². The Hall–Kier alpha value is -1.83. The third-order valence-electron chi connectivity index (χ3n) is 3.53. The van der Waals surface area contributed by atoms with E-state index in [0.29, 0.717) is 16.1 Å². The Morgan fingerprint density at radius 2 is 2.08 bits per heavy atom. The quantitative estimate of drug-likeness (QED) is 0.526. The number of thioether (sulfide) groups is 1. The van der Waals surface area contributed by atoms with E-state index in [9.17, 15) is 4.79 Å². The predicted molar refractivity (Wildman–Crippen MR) is 106 cm³/mol. The number of benzene rings is 2. The molecule has 0 fully saturated rings. The van der Waals surface area contributed by atoms with Crippen molar-refractivity contribution in [1.29, 1.82) is 0 Å². The second-order valence-electron chi connectivity index (χ2n) is 5.52. The van der Waals surface area contributed by atoms with E-state index in [1.165, 1.54) is 11.8 Å². The van der Waals surface area contributed by atoms with E-state index < -0.39 is 0 Å². The number of amides is 1. The van der Waals surface area contributed by atoms with Crippen molar-refractivity contribution >= 4 is 45.2 Å². The molecule has 3 rings (SSSR count). The standard InChI is InChI=1S/C18H15BrClN3O2S/c1-11(12-4-3-7-15(20)9-12)21-16(24)10-26-18-23-22-17(25-18)13-5-2-6-14(19)8-13/h2-9,11H,10H2,1H3,(H,21,24)/t11-/m1/s1. The highest BCUT2D eigenvalue weighted by Gasteiger charge is 2.14. The van der Waals surface area contributed by atoms with E-state index in [0.717, 1.165) is 15.6 Å². The molecule has 1 atom stereocenters. The fourth-order valence-electron chi connectivity index (χ4n) is 2.28. The van der Waals surface area contributed by atoms with Gasteiger partial charge in [0.15, 0.2) is 0 Å². The molecule has 0 unspecified atom stereocenters. The number of carbonyl (C=O) groups is 1. The number of hydrogen-bond donors (Lipinski definition) is 1. The number of aromatic nitrogens is 2. The summed E-state index contributed by atoms with van der Waals surface area (Å²) in [5, 5.41) is 11.9. The number of nitrogens with zero attached hydrogens (tertiary/aromatic N) is 2. The molecule has 0 aliphatic rings. The molecule has 0 radical (unpaired) electrons. The van der Waals surface area contributed by atoms with Gasteiger partial charge in [-0.2, -0.15) is 0 Å². The number of nitrogens with one attached hydrogen (secondary N) is 1. The van der Waals surface area contributed by atoms with Crippen LogP contribution in [0.4, 0.5) is 0 Å². The first-order valence-electron chi connectivity index (χ1n) is 7.78. The first-order valence-corrected chi connectivity index (χ1v) is 9.94. The van der Waals surface area contributed by atoms with Crippen LogP contribution in [0.1, 0.15) is 18.5 Å². The van der Waals surface area contributed by atoms with Crippen LogP contribution in [0.25, 0.3) is 11.5 Å². The number of halogens is 2. The monoisotopic (exact) mass is 451 g/mol. The van der Waals surface area contributed by atoms with Crippen molar-refractivity contribution in [1.82, 2.24) is 15.5 Å². The van der Waals surface area contributed by atoms with Crippen LogP contribution in [0.15, 0.2) is 62.6 Å². The van der Waals surface area contributed by atoms with Crippen molar-refractivity contribution in [2.45, 2.75) is 18.2 Å². The van der Waals surface area contributed by atoms with Crippen LogP contribution in [-0.2, 0) is 4.79 Å². The zero-order valence-corrected chi connectivity index (χ0v) is 16.9. The average molecular weight is 453 g/mol. The lowest BCUT2D eigenvalue weighted by atomic mass is 10.1. The molecule has 2 aromatic carbocycles. The molecule has 8 heteroatoms. The number of rotatable bonds is 6. The minimum atomic E-state index is -0.137. The summed E-state index contributed by atoms with van der Waals surface area (Å²) in [6.07, 6.45) is 0. The van der Waals surface area contributed by atoms with Crippen LogP contribution in [0, 0.1) is 0 Å². The maximum atomic E-state index is 12.1. The zero-order valence-electron chi connectivity index (χ0n) is 13.8. The Morgan fingerprint density at radius 1 is 1.27 bits per heavy atom. The van der Waals surface area contributed by atoms with Crippen molar-refractivity contribution in [3.63, 3.8) is 0 Å². The Kier molecular flexibility index (Phi) is 6.34. The van der Waals surface area contributed by atoms with Crippen LogP contribution < -0.4 is 5.32 Å². The van der Waals surface area contributed by atoms with E-state index in [2.05, 4.69) is 31.4 Å². The van der Waals surface area contributed by atoms with Crippen LogP contribution in [0.5, 0.6) is 0 Å². The number of hydrogen-bond acceptors (Lipinski definition) is 5. The molecular formula is C18H15BrClN3O2S. The average Bonchev–Trinajstić information content (AvgIpc) is 3.09. The summed E-state index contributed by atoms with van der Waals surface area (Å²) < 4.78 is 6.53. The van der Waals surface area contributed by atoms with Gasteiger partial charge in [-0.05, 0) is 42.8 Å². The SMILES string of the molecule is C[C@@H](NC(=O)CSc1nnc(-c2cccc(Br)c2)o1)c1cccc(Cl)c1. The third-order valence-corrected chi connectivity index (χ3v) is 5.08. The lowest BCUT2D eigenvalue weighted by Gasteiger charge is -2.14. The second kappa shape index (κ2) is 8.70. The first kappa shape index (κ1) is 18.9. The molecule has 5 nitrogen and oxygen atoms in total. The molecule has 0 bridgehead atoms. The Balaban J connectivity index is 1.55. The smallest absolute Gasteiger partial charge is 0.277 e. The van der Waals surface area contributed by atoms with Gasteiger partial charge in [0, 0.05) is 15.1 Å². The third kappa shape index (κ3) is 5.09. The van der Waals surface area contributed by atoms with Gasteiger partial charge < -0.3 is 9.73 Å². The van der Waals surface area contributed by atoms with E-state index >= 15 is 0 Å². The van der Waals surface area contributed by atoms with Gasteiger partial charge in [0.05, 0.1) is 11.8 Å². The van der Waals surface area contributed by atoms with Crippen molar-refractivity contribution in [2.24, 2.45) is 0 Å². The molecule has 0 aliphatic heterocycles. The molecule has 26 heavy (non-hydrogen) atoms. The fraction of sp³-hybridized carbons (Fsp3) is 0.167. The largest absolute Gasteiger partial charge is 0.411 e. The van der Waals surface area contributed by atoms with Gasteiger partial charge in [-0.25, -0.2) is 0 Å². The van der Waals surface area contributed by atoms with Gasteiger partial charge in [-0.15, -0.1) is 10.2 Å². The van der Waals surface area contributed by atoms with Gasteiger partial charge in [-0.1, -0.05) is 57.5 Å². The molecule has 0 aliphatic carbocycles. The molecule has 0 spiro atoms. The normalized spacial score (nSPS) is 12.0. The lowest BCUT2D eigenvalue weighted by molar-refractivity contribution is -0.119. The predicted octanol–water partition coefficient (Wildman–Crippen LogP) is 5.12. The molecule has 0 saturated carbocycles. The maximum Gasteiger partial charge on any atom is 0.277 e. The highest BCUT2D eigenvalue weighted by Crippen LogP contribution is 2.25. The maximum absolute atomic E-state index is 12.1. The van der Waals surface area contributed by atoms with Crippen LogP contribution in [0.3, 0.4) is 0 Å². The van der Waals surface area contributed by atoms with Crippen molar-refractivity contribution < 1.29 is 9.21 Å². The minimum absolute atomic E-state index is 0.121. The first-order chi connectivity index (χ1) is 12.5. The topological polar surface area (TPSA) is 68.0 Å². The summed E-state index contributed by atoms with van der Waals surface area (Å²) >= 11 is 10.6. The summed E-state index contributed by atoms with van der Waals surface area (Å²) in [5.74, 6) is 0.483. The summed E-state index contributed by atoms with van der Waals surface area (Å²) in [4.78, 5) is 12.1. The summed E-state index contributed by atoms with van der Waals surface area (Å²) in [5.41, 5.74) is 1.77. The second-order valence-corrected chi connectivity index (χ2v) is 7.80. The van der Waals surface area contributed by atoms with Crippen molar-refractivity contribution in [2.75, 3.05) is 5.75 Å². The van der Waals surface area contributed by atoms with E-state index in [-0.39, 0.29) is 17.7 Å². The zero-order chi connectivity index (χ0) is 18.5. The Morgan fingerprint density at radius 3 is 2.85 bits per heavy atom. The molecule has 1 heterocycles. The number of carbonyl (C=O) groups excluding carboxylic acids is 1. The highest BCUT2D eigenvalue weighted by molar-refractivity contribution is 9.10. The Labute approximate surface area is 168 Å². The van der Waals surface area contributed by atoms with Crippen LogP contribution >= 0.6 is 39.3 Å². The van der Waals surface area contributed by atoms with Gasteiger partial charge in [0.1, 0.15) is 0 Å². The molecular weight excluding hydrogens is 438 g/mol. The molecule has 1 aromatic heterocycles. The summed E-state index contributed by atoms with van der Waals surface area (Å²) in [6.45, 7) is 1.91.